The van der Waals surface area contributed by atoms with Crippen LogP contribution in [0, 0.1) is 0 Å². The Bertz CT molecular complexity index is 827. The van der Waals surface area contributed by atoms with Crippen molar-refractivity contribution in [3.63, 3.8) is 0 Å². The molecule has 2 saturated heterocycles. The van der Waals surface area contributed by atoms with Crippen LogP contribution in [0.5, 0.6) is 5.75 Å². The fourth-order valence-corrected chi connectivity index (χ4v) is 5.48. The number of thioether (sulfide) groups is 1. The summed E-state index contributed by atoms with van der Waals surface area (Å²) in [5, 5.41) is 0. The van der Waals surface area contributed by atoms with Crippen LogP contribution in [0.25, 0.3) is 0 Å². The van der Waals surface area contributed by atoms with Crippen LogP contribution >= 0.6 is 11.8 Å². The number of likely N-dealkylation sites (tertiary alicyclic amines) is 1. The van der Waals surface area contributed by atoms with Gasteiger partial charge in [0.15, 0.2) is 5.78 Å². The van der Waals surface area contributed by atoms with E-state index in [0.29, 0.717) is 42.1 Å². The van der Waals surface area contributed by atoms with Gasteiger partial charge in [-0.3, -0.25) is 14.4 Å². The van der Waals surface area contributed by atoms with Gasteiger partial charge in [-0.2, -0.15) is 0 Å². The zero-order valence-electron chi connectivity index (χ0n) is 15.9. The third-order valence-electron chi connectivity index (χ3n) is 5.78. The van der Waals surface area contributed by atoms with E-state index in [0.717, 1.165) is 12.8 Å². The molecule has 1 aromatic rings. The molecule has 0 N–H and O–H groups in total. The van der Waals surface area contributed by atoms with E-state index in [4.69, 9.17) is 4.74 Å². The lowest BCUT2D eigenvalue weighted by Gasteiger charge is -2.42. The molecule has 3 heterocycles. The molecule has 144 valence electrons. The topological polar surface area (TPSA) is 66.9 Å². The van der Waals surface area contributed by atoms with Gasteiger partial charge in [-0.1, -0.05) is 0 Å². The Morgan fingerprint density at radius 2 is 1.89 bits per heavy atom. The Kier molecular flexibility index (Phi) is 4.25. The number of nitrogens with zero attached hydrogens (tertiary/aromatic N) is 2. The Balaban J connectivity index is 1.50. The van der Waals surface area contributed by atoms with E-state index in [-0.39, 0.29) is 22.5 Å². The molecule has 6 nitrogen and oxygen atoms in total. The smallest absolute Gasteiger partial charge is 0.253 e. The lowest BCUT2D eigenvalue weighted by atomic mass is 9.92. The van der Waals surface area contributed by atoms with E-state index in [2.05, 4.69) is 0 Å². The van der Waals surface area contributed by atoms with Crippen LogP contribution in [-0.4, -0.2) is 63.8 Å². The lowest BCUT2D eigenvalue weighted by Crippen LogP contribution is -2.51. The summed E-state index contributed by atoms with van der Waals surface area (Å²) in [5.74, 6) is 1.18. The predicted octanol–water partition coefficient (Wildman–Crippen LogP) is 2.57. The van der Waals surface area contributed by atoms with E-state index in [9.17, 15) is 14.4 Å². The first kappa shape index (κ1) is 18.3. The quantitative estimate of drug-likeness (QED) is 0.740. The summed E-state index contributed by atoms with van der Waals surface area (Å²) in [7, 11) is 1.86. The van der Waals surface area contributed by atoms with Crippen molar-refractivity contribution in [1.29, 1.82) is 0 Å². The number of benzene rings is 1. The number of Topliss-reactive ketones (excluding diaryl/α,β-unsaturated/α-hetero) is 1. The van der Waals surface area contributed by atoms with Crippen molar-refractivity contribution in [2.45, 2.75) is 43.6 Å². The minimum Gasteiger partial charge on any atom is -0.487 e. The van der Waals surface area contributed by atoms with Crippen LogP contribution in [0.15, 0.2) is 18.2 Å². The van der Waals surface area contributed by atoms with E-state index in [1.54, 1.807) is 30.0 Å². The molecule has 27 heavy (non-hydrogen) atoms. The summed E-state index contributed by atoms with van der Waals surface area (Å²) in [6.45, 7) is 4.99. The fourth-order valence-electron chi connectivity index (χ4n) is 4.12. The van der Waals surface area contributed by atoms with Crippen molar-refractivity contribution in [3.05, 3.63) is 29.3 Å². The fraction of sp³-hybridized carbons (Fsp3) is 0.550. The molecule has 1 aromatic carbocycles. The molecular weight excluding hydrogens is 364 g/mol. The van der Waals surface area contributed by atoms with Gasteiger partial charge >= 0.3 is 0 Å². The predicted molar refractivity (Wildman–Crippen MR) is 103 cm³/mol. The molecule has 0 aliphatic carbocycles. The normalized spacial score (nSPS) is 23.4. The van der Waals surface area contributed by atoms with Gasteiger partial charge in [-0.05, 0) is 44.9 Å². The van der Waals surface area contributed by atoms with Gasteiger partial charge in [0.25, 0.3) is 5.91 Å². The Hall–Kier alpha value is -2.02. The van der Waals surface area contributed by atoms with Crippen molar-refractivity contribution in [3.8, 4) is 5.75 Å². The summed E-state index contributed by atoms with van der Waals surface area (Å²) in [6.07, 6.45) is 1.89. The van der Waals surface area contributed by atoms with Crippen molar-refractivity contribution in [2.75, 3.05) is 25.9 Å². The first-order valence-corrected chi connectivity index (χ1v) is 10.3. The average molecular weight is 388 g/mol. The molecule has 7 heteroatoms. The molecule has 0 aromatic heterocycles. The molecule has 3 aliphatic heterocycles. The maximum atomic E-state index is 13.0. The minimum absolute atomic E-state index is 0.0473. The zero-order valence-corrected chi connectivity index (χ0v) is 16.7. The number of ketones is 1. The van der Waals surface area contributed by atoms with Crippen LogP contribution in [0.1, 0.15) is 53.8 Å². The summed E-state index contributed by atoms with van der Waals surface area (Å²) in [5.41, 5.74) is 0.532. The number of rotatable bonds is 1. The van der Waals surface area contributed by atoms with Crippen molar-refractivity contribution in [2.24, 2.45) is 0 Å². The summed E-state index contributed by atoms with van der Waals surface area (Å²) >= 11 is 1.69. The van der Waals surface area contributed by atoms with Gasteiger partial charge in [0.2, 0.25) is 5.91 Å². The monoisotopic (exact) mass is 388 g/mol. The first-order chi connectivity index (χ1) is 12.7. The van der Waals surface area contributed by atoms with E-state index in [1.807, 2.05) is 30.7 Å². The largest absolute Gasteiger partial charge is 0.487 e. The SMILES string of the molecule is CN1C(=O)CSC12CCN(C(=O)c1ccc3c(c1)OC(C)(C)CC3=O)CC2. The van der Waals surface area contributed by atoms with Crippen LogP contribution < -0.4 is 4.74 Å². The van der Waals surface area contributed by atoms with Gasteiger partial charge in [0.05, 0.1) is 22.6 Å². The number of hydrogen-bond acceptors (Lipinski definition) is 5. The second-order valence-electron chi connectivity index (χ2n) is 8.15. The molecular formula is C20H24N2O4S. The van der Waals surface area contributed by atoms with Crippen LogP contribution in [-0.2, 0) is 4.79 Å². The third kappa shape index (κ3) is 3.12. The molecule has 0 radical (unpaired) electrons. The van der Waals surface area contributed by atoms with E-state index in [1.165, 1.54) is 0 Å². The second-order valence-corrected chi connectivity index (χ2v) is 9.49. The van der Waals surface area contributed by atoms with Crippen LogP contribution in [0.4, 0.5) is 0 Å². The minimum atomic E-state index is -0.555. The van der Waals surface area contributed by atoms with Gasteiger partial charge in [0.1, 0.15) is 11.4 Å². The number of carbonyl (C=O) groups excluding carboxylic acids is 3. The molecule has 2 fully saturated rings. The molecule has 0 bridgehead atoms. The highest BCUT2D eigenvalue weighted by Crippen LogP contribution is 2.43. The van der Waals surface area contributed by atoms with Gasteiger partial charge in [-0.15, -0.1) is 11.8 Å². The van der Waals surface area contributed by atoms with Crippen LogP contribution in [0.3, 0.4) is 0 Å². The summed E-state index contributed by atoms with van der Waals surface area (Å²) in [4.78, 5) is 40.7. The highest BCUT2D eigenvalue weighted by atomic mass is 32.2. The number of ether oxygens (including phenoxy) is 1. The molecule has 1 spiro atoms. The second kappa shape index (κ2) is 6.26. The number of amides is 2. The first-order valence-electron chi connectivity index (χ1n) is 9.27. The lowest BCUT2D eigenvalue weighted by molar-refractivity contribution is -0.129. The van der Waals surface area contributed by atoms with Crippen LogP contribution in [0.2, 0.25) is 0 Å². The summed E-state index contributed by atoms with van der Waals surface area (Å²) in [6, 6.07) is 5.11. The highest BCUT2D eigenvalue weighted by Gasteiger charge is 2.46. The highest BCUT2D eigenvalue weighted by molar-refractivity contribution is 8.01. The van der Waals surface area contributed by atoms with E-state index >= 15 is 0 Å². The van der Waals surface area contributed by atoms with Crippen molar-refractivity contribution >= 4 is 29.4 Å². The molecule has 2 amide bonds. The Morgan fingerprint density at radius 1 is 1.19 bits per heavy atom. The zero-order chi connectivity index (χ0) is 19.4. The maximum absolute atomic E-state index is 13.0. The molecule has 0 atom stereocenters. The van der Waals surface area contributed by atoms with Crippen molar-refractivity contribution < 1.29 is 19.1 Å². The third-order valence-corrected chi connectivity index (χ3v) is 7.39. The standard InChI is InChI=1S/C20H24N2O4S/c1-19(2)11-15(23)14-5-4-13(10-16(14)26-19)18(25)22-8-6-20(7-9-22)21(3)17(24)12-27-20/h4-5,10H,6-9,11-12H2,1-3H3. The van der Waals surface area contributed by atoms with Gasteiger partial charge in [-0.25, -0.2) is 0 Å². The molecule has 0 unspecified atom stereocenters. The average Bonchev–Trinajstić information content (AvgIpc) is 2.89. The Labute approximate surface area is 163 Å². The number of hydrogen-bond donors (Lipinski definition) is 0. The Morgan fingerprint density at radius 3 is 2.52 bits per heavy atom. The molecule has 0 saturated carbocycles. The molecule has 3 aliphatic rings. The van der Waals surface area contributed by atoms with Crippen molar-refractivity contribution in [1.82, 2.24) is 9.80 Å². The van der Waals surface area contributed by atoms with Gasteiger partial charge in [0, 0.05) is 25.7 Å². The number of piperidine rings is 1. The van der Waals surface area contributed by atoms with E-state index < -0.39 is 5.60 Å². The number of fused-ring (bicyclic) bond motifs is 1. The number of carbonyl (C=O) groups is 3. The van der Waals surface area contributed by atoms with Gasteiger partial charge < -0.3 is 14.5 Å². The maximum Gasteiger partial charge on any atom is 0.253 e. The summed E-state index contributed by atoms with van der Waals surface area (Å²) < 4.78 is 5.93. The molecule has 4 rings (SSSR count).